The minimum atomic E-state index is -0.486. The predicted molar refractivity (Wildman–Crippen MR) is 120 cm³/mol. The molecule has 2 aliphatic rings. The van der Waals surface area contributed by atoms with E-state index in [1.54, 1.807) is 54.5 Å². The third-order valence-corrected chi connectivity index (χ3v) is 5.97. The lowest BCUT2D eigenvalue weighted by Crippen LogP contribution is -2.28. The number of ether oxygens (including phenoxy) is 2. The monoisotopic (exact) mass is 437 g/mol. The summed E-state index contributed by atoms with van der Waals surface area (Å²) in [4.78, 5) is 41.3. The maximum atomic E-state index is 12.8. The van der Waals surface area contributed by atoms with E-state index in [1.165, 1.54) is 7.11 Å². The highest BCUT2D eigenvalue weighted by molar-refractivity contribution is 6.04. The summed E-state index contributed by atoms with van der Waals surface area (Å²) in [5.74, 6) is 0.299. The molecule has 0 spiro atoms. The Bertz CT molecular complexity index is 1010. The molecule has 2 fully saturated rings. The Morgan fingerprint density at radius 3 is 2.38 bits per heavy atom. The minimum Gasteiger partial charge on any atom is -0.497 e. The fourth-order valence-electron chi connectivity index (χ4n) is 4.17. The average molecular weight is 437 g/mol. The van der Waals surface area contributed by atoms with Crippen LogP contribution in [0.2, 0.25) is 0 Å². The normalized spacial score (nSPS) is 18.1. The number of rotatable bonds is 6. The van der Waals surface area contributed by atoms with Crippen LogP contribution >= 0.6 is 0 Å². The van der Waals surface area contributed by atoms with Crippen molar-refractivity contribution in [3.8, 4) is 11.5 Å². The molecular weight excluding hydrogens is 410 g/mol. The molecule has 0 aromatic heterocycles. The standard InChI is InChI=1S/C24H27N3O5/c1-31-19-9-10-20(21(14-19)32-2)27-15-17(13-22(27)28)23(29)25-18-7-5-16(6-8-18)24(30)26-11-3-4-12-26/h5-10,14,17H,3-4,11-13,15H2,1-2H3,(H,25,29). The smallest absolute Gasteiger partial charge is 0.253 e. The number of nitrogens with zero attached hydrogens (tertiary/aromatic N) is 2. The average Bonchev–Trinajstić information content (AvgIpc) is 3.49. The van der Waals surface area contributed by atoms with Crippen molar-refractivity contribution in [2.24, 2.45) is 5.92 Å². The van der Waals surface area contributed by atoms with Gasteiger partial charge in [0.15, 0.2) is 0 Å². The summed E-state index contributed by atoms with van der Waals surface area (Å²) < 4.78 is 10.6. The first-order chi connectivity index (χ1) is 15.5. The van der Waals surface area contributed by atoms with E-state index in [-0.39, 0.29) is 30.7 Å². The molecule has 3 amide bonds. The Kier molecular flexibility index (Phi) is 6.30. The van der Waals surface area contributed by atoms with Crippen LogP contribution in [0.25, 0.3) is 0 Å². The van der Waals surface area contributed by atoms with Crippen molar-refractivity contribution in [2.75, 3.05) is 44.1 Å². The van der Waals surface area contributed by atoms with E-state index in [0.29, 0.717) is 28.4 Å². The molecule has 2 aliphatic heterocycles. The van der Waals surface area contributed by atoms with Gasteiger partial charge in [-0.2, -0.15) is 0 Å². The van der Waals surface area contributed by atoms with Gasteiger partial charge in [-0.05, 0) is 49.2 Å². The number of hydrogen-bond donors (Lipinski definition) is 1. The van der Waals surface area contributed by atoms with Crippen molar-refractivity contribution in [2.45, 2.75) is 19.3 Å². The zero-order chi connectivity index (χ0) is 22.7. The first-order valence-corrected chi connectivity index (χ1v) is 10.7. The highest BCUT2D eigenvalue weighted by Gasteiger charge is 2.36. The summed E-state index contributed by atoms with van der Waals surface area (Å²) in [7, 11) is 3.09. The SMILES string of the molecule is COc1ccc(N2CC(C(=O)Nc3ccc(C(=O)N4CCCC4)cc3)CC2=O)c(OC)c1. The Morgan fingerprint density at radius 2 is 1.72 bits per heavy atom. The Morgan fingerprint density at radius 1 is 1.00 bits per heavy atom. The summed E-state index contributed by atoms with van der Waals surface area (Å²) in [5.41, 5.74) is 1.82. The number of methoxy groups -OCH3 is 2. The summed E-state index contributed by atoms with van der Waals surface area (Å²) in [6, 6.07) is 12.1. The molecule has 2 heterocycles. The van der Waals surface area contributed by atoms with Crippen molar-refractivity contribution in [3.05, 3.63) is 48.0 Å². The fourth-order valence-corrected chi connectivity index (χ4v) is 4.17. The molecular formula is C24H27N3O5. The summed E-state index contributed by atoms with van der Waals surface area (Å²) >= 11 is 0. The summed E-state index contributed by atoms with van der Waals surface area (Å²) in [6.07, 6.45) is 2.20. The molecule has 0 saturated carbocycles. The third-order valence-electron chi connectivity index (χ3n) is 5.97. The van der Waals surface area contributed by atoms with Gasteiger partial charge in [0.25, 0.3) is 5.91 Å². The topological polar surface area (TPSA) is 88.2 Å². The molecule has 1 atom stereocenters. The number of anilines is 2. The quantitative estimate of drug-likeness (QED) is 0.751. The van der Waals surface area contributed by atoms with Gasteiger partial charge in [-0.15, -0.1) is 0 Å². The molecule has 8 nitrogen and oxygen atoms in total. The van der Waals surface area contributed by atoms with Crippen LogP contribution in [0.1, 0.15) is 29.6 Å². The van der Waals surface area contributed by atoms with E-state index >= 15 is 0 Å². The molecule has 2 saturated heterocycles. The molecule has 0 aliphatic carbocycles. The van der Waals surface area contributed by atoms with E-state index < -0.39 is 5.92 Å². The van der Waals surface area contributed by atoms with E-state index in [4.69, 9.17) is 9.47 Å². The third kappa shape index (κ3) is 4.39. The molecule has 0 bridgehead atoms. The first kappa shape index (κ1) is 21.7. The molecule has 1 N–H and O–H groups in total. The minimum absolute atomic E-state index is 0.0193. The first-order valence-electron chi connectivity index (χ1n) is 10.7. The predicted octanol–water partition coefficient (Wildman–Crippen LogP) is 2.93. The fraction of sp³-hybridized carbons (Fsp3) is 0.375. The van der Waals surface area contributed by atoms with Crippen LogP contribution < -0.4 is 19.7 Å². The largest absolute Gasteiger partial charge is 0.497 e. The van der Waals surface area contributed by atoms with Gasteiger partial charge in [0.2, 0.25) is 11.8 Å². The van der Waals surface area contributed by atoms with Crippen LogP contribution in [-0.2, 0) is 9.59 Å². The second-order valence-electron chi connectivity index (χ2n) is 8.01. The van der Waals surface area contributed by atoms with Crippen molar-refractivity contribution < 1.29 is 23.9 Å². The second-order valence-corrected chi connectivity index (χ2v) is 8.01. The second kappa shape index (κ2) is 9.30. The van der Waals surface area contributed by atoms with Crippen LogP contribution in [0.5, 0.6) is 11.5 Å². The molecule has 1 unspecified atom stereocenters. The maximum absolute atomic E-state index is 12.8. The van der Waals surface area contributed by atoms with Crippen LogP contribution in [0.15, 0.2) is 42.5 Å². The zero-order valence-corrected chi connectivity index (χ0v) is 18.3. The number of carbonyl (C=O) groups excluding carboxylic acids is 3. The summed E-state index contributed by atoms with van der Waals surface area (Å²) in [5, 5.41) is 2.86. The van der Waals surface area contributed by atoms with Crippen molar-refractivity contribution in [1.82, 2.24) is 4.90 Å². The van der Waals surface area contributed by atoms with Gasteiger partial charge in [-0.1, -0.05) is 0 Å². The number of nitrogens with one attached hydrogen (secondary N) is 1. The lowest BCUT2D eigenvalue weighted by molar-refractivity contribution is -0.122. The Labute approximate surface area is 187 Å². The maximum Gasteiger partial charge on any atom is 0.253 e. The number of benzene rings is 2. The highest BCUT2D eigenvalue weighted by atomic mass is 16.5. The van der Waals surface area contributed by atoms with Crippen LogP contribution in [0.4, 0.5) is 11.4 Å². The number of carbonyl (C=O) groups is 3. The van der Waals surface area contributed by atoms with Crippen LogP contribution in [-0.4, -0.2) is 56.5 Å². The molecule has 2 aromatic carbocycles. The number of amides is 3. The van der Waals surface area contributed by atoms with E-state index in [0.717, 1.165) is 25.9 Å². The van der Waals surface area contributed by atoms with Gasteiger partial charge in [0.05, 0.1) is 25.8 Å². The molecule has 0 radical (unpaired) electrons. The number of hydrogen-bond acceptors (Lipinski definition) is 5. The van der Waals surface area contributed by atoms with Crippen LogP contribution in [0.3, 0.4) is 0 Å². The molecule has 32 heavy (non-hydrogen) atoms. The lowest BCUT2D eigenvalue weighted by Gasteiger charge is -2.20. The van der Waals surface area contributed by atoms with Crippen LogP contribution in [0, 0.1) is 5.92 Å². The van der Waals surface area contributed by atoms with Gasteiger partial charge >= 0.3 is 0 Å². The Hall–Kier alpha value is -3.55. The van der Waals surface area contributed by atoms with Gasteiger partial charge in [-0.25, -0.2) is 0 Å². The van der Waals surface area contributed by atoms with Gasteiger partial charge in [0, 0.05) is 43.4 Å². The summed E-state index contributed by atoms with van der Waals surface area (Å²) in [6.45, 7) is 1.85. The molecule has 8 heteroatoms. The molecule has 2 aromatic rings. The zero-order valence-electron chi connectivity index (χ0n) is 18.3. The van der Waals surface area contributed by atoms with Crippen molar-refractivity contribution in [1.29, 1.82) is 0 Å². The lowest BCUT2D eigenvalue weighted by atomic mass is 10.1. The van der Waals surface area contributed by atoms with Gasteiger partial charge in [0.1, 0.15) is 11.5 Å². The van der Waals surface area contributed by atoms with Crippen molar-refractivity contribution in [3.63, 3.8) is 0 Å². The molecule has 168 valence electrons. The highest BCUT2D eigenvalue weighted by Crippen LogP contribution is 2.36. The van der Waals surface area contributed by atoms with Gasteiger partial charge < -0.3 is 24.6 Å². The Balaban J connectivity index is 1.40. The van der Waals surface area contributed by atoms with E-state index in [1.807, 2.05) is 4.90 Å². The van der Waals surface area contributed by atoms with E-state index in [2.05, 4.69) is 5.32 Å². The molecule has 4 rings (SSSR count). The number of likely N-dealkylation sites (tertiary alicyclic amines) is 1. The van der Waals surface area contributed by atoms with Crippen molar-refractivity contribution >= 4 is 29.1 Å². The van der Waals surface area contributed by atoms with E-state index in [9.17, 15) is 14.4 Å². The van der Waals surface area contributed by atoms with Gasteiger partial charge in [-0.3, -0.25) is 14.4 Å².